The quantitative estimate of drug-likeness (QED) is 0.819. The summed E-state index contributed by atoms with van der Waals surface area (Å²) in [5.41, 5.74) is -0.207. The Morgan fingerprint density at radius 2 is 1.90 bits per heavy atom. The van der Waals surface area contributed by atoms with E-state index in [-0.39, 0.29) is 12.3 Å². The Balaban J connectivity index is 1.89. The van der Waals surface area contributed by atoms with Gasteiger partial charge in [0.15, 0.2) is 0 Å². The molecule has 21 heavy (non-hydrogen) atoms. The van der Waals surface area contributed by atoms with Gasteiger partial charge in [-0.2, -0.15) is 0 Å². The van der Waals surface area contributed by atoms with Crippen molar-refractivity contribution in [2.75, 3.05) is 12.3 Å². The van der Waals surface area contributed by atoms with Crippen LogP contribution in [-0.4, -0.2) is 25.8 Å². The fourth-order valence-corrected chi connectivity index (χ4v) is 3.83. The van der Waals surface area contributed by atoms with Crippen LogP contribution in [0.4, 0.5) is 0 Å². The van der Waals surface area contributed by atoms with Crippen LogP contribution in [0.2, 0.25) is 0 Å². The highest BCUT2D eigenvalue weighted by atomic mass is 32.2. The number of nitrogens with one attached hydrogen (secondary N) is 1. The van der Waals surface area contributed by atoms with Gasteiger partial charge in [0, 0.05) is 11.4 Å². The molecule has 1 heterocycles. The van der Waals surface area contributed by atoms with Gasteiger partial charge in [0.1, 0.15) is 5.60 Å². The first-order valence-electron chi connectivity index (χ1n) is 6.67. The Morgan fingerprint density at radius 3 is 2.52 bits per heavy atom. The van der Waals surface area contributed by atoms with Crippen molar-refractivity contribution >= 4 is 21.4 Å². The number of hydrogen-bond acceptors (Lipinski definition) is 4. The molecule has 0 amide bonds. The van der Waals surface area contributed by atoms with Gasteiger partial charge in [-0.3, -0.25) is 0 Å². The lowest BCUT2D eigenvalue weighted by atomic mass is 10.1. The second-order valence-electron chi connectivity index (χ2n) is 5.13. The van der Waals surface area contributed by atoms with E-state index in [9.17, 15) is 13.5 Å². The Kier molecular flexibility index (Phi) is 5.16. The molecular formula is C15H19NO3S2. The maximum absolute atomic E-state index is 12.0. The van der Waals surface area contributed by atoms with Gasteiger partial charge in [0.05, 0.1) is 5.75 Å². The van der Waals surface area contributed by atoms with E-state index in [2.05, 4.69) is 4.72 Å². The van der Waals surface area contributed by atoms with Gasteiger partial charge in [0.2, 0.25) is 10.0 Å². The van der Waals surface area contributed by atoms with Crippen molar-refractivity contribution in [2.45, 2.75) is 18.9 Å². The topological polar surface area (TPSA) is 66.4 Å². The minimum atomic E-state index is -3.41. The van der Waals surface area contributed by atoms with E-state index in [1.807, 2.05) is 41.8 Å². The van der Waals surface area contributed by atoms with Gasteiger partial charge in [-0.25, -0.2) is 13.1 Å². The second kappa shape index (κ2) is 6.70. The van der Waals surface area contributed by atoms with Gasteiger partial charge in [-0.05, 0) is 30.4 Å². The van der Waals surface area contributed by atoms with Crippen molar-refractivity contribution in [1.29, 1.82) is 0 Å². The van der Waals surface area contributed by atoms with Crippen molar-refractivity contribution in [3.8, 4) is 0 Å². The summed E-state index contributed by atoms with van der Waals surface area (Å²) in [5.74, 6) is 0.0114. The first kappa shape index (κ1) is 16.2. The zero-order valence-corrected chi connectivity index (χ0v) is 13.5. The number of thiophene rings is 1. The van der Waals surface area contributed by atoms with Crippen LogP contribution >= 0.6 is 11.3 Å². The predicted molar refractivity (Wildman–Crippen MR) is 85.8 cm³/mol. The third kappa shape index (κ3) is 4.93. The normalized spacial score (nSPS) is 14.8. The van der Waals surface area contributed by atoms with Crippen LogP contribution in [0.5, 0.6) is 0 Å². The smallest absolute Gasteiger partial charge is 0.212 e. The number of aliphatic hydroxyl groups is 1. The average Bonchev–Trinajstić information content (AvgIpc) is 3.00. The van der Waals surface area contributed by atoms with Crippen LogP contribution < -0.4 is 4.72 Å². The van der Waals surface area contributed by atoms with Crippen molar-refractivity contribution in [3.63, 3.8) is 0 Å². The van der Waals surface area contributed by atoms with E-state index in [0.717, 1.165) is 10.4 Å². The van der Waals surface area contributed by atoms with Crippen LogP contribution in [0.1, 0.15) is 17.4 Å². The lowest BCUT2D eigenvalue weighted by Crippen LogP contribution is -2.39. The molecule has 1 unspecified atom stereocenters. The summed E-state index contributed by atoms with van der Waals surface area (Å²) in [6, 6.07) is 13.1. The molecule has 1 aromatic carbocycles. The zero-order valence-electron chi connectivity index (χ0n) is 11.8. The Hall–Kier alpha value is -1.21. The van der Waals surface area contributed by atoms with E-state index in [0.29, 0.717) is 6.42 Å². The lowest BCUT2D eigenvalue weighted by Gasteiger charge is -2.22. The summed E-state index contributed by atoms with van der Waals surface area (Å²) in [6.07, 6.45) is 0.456. The Labute approximate surface area is 129 Å². The molecular weight excluding hydrogens is 306 g/mol. The standard InChI is InChI=1S/C15H19NO3S2/c1-15(17,14-8-5-10-20-14)12-16-21(18,19)11-9-13-6-3-2-4-7-13/h2-8,10,16-17H,9,11-12H2,1H3. The summed E-state index contributed by atoms with van der Waals surface area (Å²) >= 11 is 1.41. The first-order valence-corrected chi connectivity index (χ1v) is 9.20. The van der Waals surface area contributed by atoms with Crippen molar-refractivity contribution in [2.24, 2.45) is 0 Å². The van der Waals surface area contributed by atoms with Gasteiger partial charge < -0.3 is 5.11 Å². The molecule has 0 radical (unpaired) electrons. The molecule has 4 nitrogen and oxygen atoms in total. The van der Waals surface area contributed by atoms with E-state index in [4.69, 9.17) is 0 Å². The molecule has 114 valence electrons. The molecule has 0 spiro atoms. The minimum Gasteiger partial charge on any atom is -0.383 e. The fourth-order valence-electron chi connectivity index (χ4n) is 1.89. The van der Waals surface area contributed by atoms with Crippen LogP contribution in [0, 0.1) is 0 Å². The SMILES string of the molecule is CC(O)(CNS(=O)(=O)CCc1ccccc1)c1cccs1. The highest BCUT2D eigenvalue weighted by Crippen LogP contribution is 2.24. The summed E-state index contributed by atoms with van der Waals surface area (Å²) in [4.78, 5) is 0.744. The molecule has 1 aromatic heterocycles. The monoisotopic (exact) mass is 325 g/mol. The molecule has 0 aliphatic rings. The molecule has 0 aliphatic carbocycles. The summed E-state index contributed by atoms with van der Waals surface area (Å²) in [7, 11) is -3.41. The largest absolute Gasteiger partial charge is 0.383 e. The van der Waals surface area contributed by atoms with Crippen LogP contribution in [-0.2, 0) is 22.0 Å². The summed E-state index contributed by atoms with van der Waals surface area (Å²) in [6.45, 7) is 1.59. The maximum Gasteiger partial charge on any atom is 0.212 e. The molecule has 0 fully saturated rings. The third-order valence-electron chi connectivity index (χ3n) is 3.19. The van der Waals surface area contributed by atoms with E-state index < -0.39 is 15.6 Å². The van der Waals surface area contributed by atoms with Gasteiger partial charge in [0.25, 0.3) is 0 Å². The minimum absolute atomic E-state index is 0.0114. The van der Waals surface area contributed by atoms with Gasteiger partial charge >= 0.3 is 0 Å². The molecule has 0 saturated heterocycles. The van der Waals surface area contributed by atoms with Crippen LogP contribution in [0.15, 0.2) is 47.8 Å². The highest BCUT2D eigenvalue weighted by molar-refractivity contribution is 7.89. The molecule has 0 saturated carbocycles. The lowest BCUT2D eigenvalue weighted by molar-refractivity contribution is 0.0666. The molecule has 1 atom stereocenters. The number of rotatable bonds is 7. The van der Waals surface area contributed by atoms with Crippen LogP contribution in [0.25, 0.3) is 0 Å². The number of sulfonamides is 1. The molecule has 2 rings (SSSR count). The molecule has 2 N–H and O–H groups in total. The fraction of sp³-hybridized carbons (Fsp3) is 0.333. The Morgan fingerprint density at radius 1 is 1.19 bits per heavy atom. The average molecular weight is 325 g/mol. The first-order chi connectivity index (χ1) is 9.89. The number of benzene rings is 1. The van der Waals surface area contributed by atoms with E-state index >= 15 is 0 Å². The summed E-state index contributed by atoms with van der Waals surface area (Å²) in [5, 5.41) is 12.2. The predicted octanol–water partition coefficient (Wildman–Crippen LogP) is 2.12. The number of hydrogen-bond donors (Lipinski definition) is 2. The van der Waals surface area contributed by atoms with E-state index in [1.165, 1.54) is 11.3 Å². The molecule has 0 bridgehead atoms. The van der Waals surface area contributed by atoms with Crippen molar-refractivity contribution in [1.82, 2.24) is 4.72 Å². The molecule has 0 aliphatic heterocycles. The highest BCUT2D eigenvalue weighted by Gasteiger charge is 2.26. The van der Waals surface area contributed by atoms with E-state index in [1.54, 1.807) is 13.0 Å². The maximum atomic E-state index is 12.0. The van der Waals surface area contributed by atoms with Crippen LogP contribution in [0.3, 0.4) is 0 Å². The number of aryl methyl sites for hydroxylation is 1. The zero-order chi connectivity index (χ0) is 15.3. The van der Waals surface area contributed by atoms with Crippen molar-refractivity contribution in [3.05, 3.63) is 58.3 Å². The summed E-state index contributed by atoms with van der Waals surface area (Å²) < 4.78 is 26.5. The molecule has 6 heteroatoms. The molecule has 2 aromatic rings. The van der Waals surface area contributed by atoms with Gasteiger partial charge in [-0.15, -0.1) is 11.3 Å². The van der Waals surface area contributed by atoms with Crippen molar-refractivity contribution < 1.29 is 13.5 Å². The van der Waals surface area contributed by atoms with Gasteiger partial charge in [-0.1, -0.05) is 36.4 Å². The second-order valence-corrected chi connectivity index (χ2v) is 8.00. The Bertz CT molecular complexity index is 649. The third-order valence-corrected chi connectivity index (χ3v) is 5.64.